The first-order chi connectivity index (χ1) is 6.15. The molecule has 1 rings (SSSR count). The summed E-state index contributed by atoms with van der Waals surface area (Å²) in [6, 6.07) is 0.0755. The average molecular weight is 181 g/mol. The maximum Gasteiger partial charge on any atom is 0.0948 e. The Labute approximate surface area is 80.0 Å². The van der Waals surface area contributed by atoms with Gasteiger partial charge in [-0.25, -0.2) is 4.98 Å². The molecule has 74 valence electrons. The number of hydrogen-bond donors (Lipinski definition) is 1. The van der Waals surface area contributed by atoms with Gasteiger partial charge in [0.1, 0.15) is 0 Å². The second-order valence-electron chi connectivity index (χ2n) is 3.77. The third-order valence-electron chi connectivity index (χ3n) is 2.42. The van der Waals surface area contributed by atoms with Crippen molar-refractivity contribution in [2.24, 2.45) is 11.7 Å². The SMILES string of the molecule is CCC(C)Cn1cncc1[C@@H](C)N. The molecular weight excluding hydrogens is 162 g/mol. The summed E-state index contributed by atoms with van der Waals surface area (Å²) in [5.74, 6) is 0.687. The van der Waals surface area contributed by atoms with E-state index in [1.54, 1.807) is 0 Å². The molecule has 0 saturated carbocycles. The maximum atomic E-state index is 5.82. The van der Waals surface area contributed by atoms with Crippen LogP contribution in [-0.4, -0.2) is 9.55 Å². The van der Waals surface area contributed by atoms with Crippen molar-refractivity contribution in [3.8, 4) is 0 Å². The Morgan fingerprint density at radius 2 is 2.23 bits per heavy atom. The Bertz CT molecular complexity index is 252. The quantitative estimate of drug-likeness (QED) is 0.771. The summed E-state index contributed by atoms with van der Waals surface area (Å²) in [4.78, 5) is 4.11. The van der Waals surface area contributed by atoms with Crippen molar-refractivity contribution < 1.29 is 0 Å². The molecule has 0 bridgehead atoms. The van der Waals surface area contributed by atoms with Crippen LogP contribution in [0.5, 0.6) is 0 Å². The Kier molecular flexibility index (Phi) is 3.48. The van der Waals surface area contributed by atoms with E-state index in [2.05, 4.69) is 23.4 Å². The molecule has 1 aromatic rings. The van der Waals surface area contributed by atoms with Gasteiger partial charge in [0.05, 0.1) is 12.0 Å². The van der Waals surface area contributed by atoms with Crippen LogP contribution in [-0.2, 0) is 6.54 Å². The fraction of sp³-hybridized carbons (Fsp3) is 0.700. The largest absolute Gasteiger partial charge is 0.333 e. The van der Waals surface area contributed by atoms with E-state index >= 15 is 0 Å². The Hall–Kier alpha value is -0.830. The minimum absolute atomic E-state index is 0.0755. The van der Waals surface area contributed by atoms with E-state index < -0.39 is 0 Å². The van der Waals surface area contributed by atoms with E-state index in [0.717, 1.165) is 12.2 Å². The minimum atomic E-state index is 0.0755. The molecule has 0 aliphatic heterocycles. The highest BCUT2D eigenvalue weighted by Gasteiger charge is 2.08. The van der Waals surface area contributed by atoms with Crippen molar-refractivity contribution in [3.63, 3.8) is 0 Å². The summed E-state index contributed by atoms with van der Waals surface area (Å²) in [7, 11) is 0. The van der Waals surface area contributed by atoms with Crippen LogP contribution in [0.2, 0.25) is 0 Å². The van der Waals surface area contributed by atoms with Gasteiger partial charge in [0.15, 0.2) is 0 Å². The highest BCUT2D eigenvalue weighted by molar-refractivity contribution is 5.03. The third kappa shape index (κ3) is 2.56. The van der Waals surface area contributed by atoms with Gasteiger partial charge in [-0.05, 0) is 12.8 Å². The average Bonchev–Trinajstić information content (AvgIpc) is 2.52. The highest BCUT2D eigenvalue weighted by atomic mass is 15.1. The number of nitrogens with two attached hydrogens (primary N) is 1. The molecule has 1 unspecified atom stereocenters. The summed E-state index contributed by atoms with van der Waals surface area (Å²) < 4.78 is 2.15. The first-order valence-corrected chi connectivity index (χ1v) is 4.90. The van der Waals surface area contributed by atoms with Crippen molar-refractivity contribution in [1.82, 2.24) is 9.55 Å². The zero-order valence-corrected chi connectivity index (χ0v) is 8.70. The molecule has 3 heteroatoms. The Morgan fingerprint density at radius 3 is 2.77 bits per heavy atom. The van der Waals surface area contributed by atoms with Gasteiger partial charge in [0.25, 0.3) is 0 Å². The predicted octanol–water partition coefficient (Wildman–Crippen LogP) is 1.95. The number of aromatic nitrogens is 2. The minimum Gasteiger partial charge on any atom is -0.333 e. The maximum absolute atomic E-state index is 5.82. The molecule has 0 aromatic carbocycles. The standard InChI is InChI=1S/C10H19N3/c1-4-8(2)6-13-7-12-5-10(13)9(3)11/h5,7-9H,4,6,11H2,1-3H3/t8?,9-/m1/s1. The lowest BCUT2D eigenvalue weighted by atomic mass is 10.1. The first-order valence-electron chi connectivity index (χ1n) is 4.90. The normalized spacial score (nSPS) is 15.7. The molecule has 2 N–H and O–H groups in total. The van der Waals surface area contributed by atoms with Crippen LogP contribution in [0.25, 0.3) is 0 Å². The molecule has 0 radical (unpaired) electrons. The van der Waals surface area contributed by atoms with Gasteiger partial charge in [0, 0.05) is 18.8 Å². The lowest BCUT2D eigenvalue weighted by molar-refractivity contribution is 0.453. The number of hydrogen-bond acceptors (Lipinski definition) is 2. The van der Waals surface area contributed by atoms with E-state index in [9.17, 15) is 0 Å². The second-order valence-corrected chi connectivity index (χ2v) is 3.77. The molecule has 0 amide bonds. The summed E-state index contributed by atoms with van der Waals surface area (Å²) in [6.45, 7) is 7.45. The van der Waals surface area contributed by atoms with Gasteiger partial charge in [-0.15, -0.1) is 0 Å². The van der Waals surface area contributed by atoms with E-state index in [4.69, 9.17) is 5.73 Å². The summed E-state index contributed by atoms with van der Waals surface area (Å²) in [5.41, 5.74) is 6.94. The lowest BCUT2D eigenvalue weighted by Gasteiger charge is -2.14. The van der Waals surface area contributed by atoms with Crippen molar-refractivity contribution in [2.75, 3.05) is 0 Å². The van der Waals surface area contributed by atoms with Crippen molar-refractivity contribution in [3.05, 3.63) is 18.2 Å². The van der Waals surface area contributed by atoms with Crippen molar-refractivity contribution in [2.45, 2.75) is 39.8 Å². The van der Waals surface area contributed by atoms with E-state index in [0.29, 0.717) is 5.92 Å². The molecule has 0 aliphatic carbocycles. The van der Waals surface area contributed by atoms with Gasteiger partial charge >= 0.3 is 0 Å². The molecule has 0 saturated heterocycles. The first kappa shape index (κ1) is 10.3. The predicted molar refractivity (Wildman–Crippen MR) is 54.3 cm³/mol. The molecule has 13 heavy (non-hydrogen) atoms. The summed E-state index contributed by atoms with van der Waals surface area (Å²) in [6.07, 6.45) is 4.91. The smallest absolute Gasteiger partial charge is 0.0948 e. The van der Waals surface area contributed by atoms with Crippen molar-refractivity contribution >= 4 is 0 Å². The van der Waals surface area contributed by atoms with E-state index in [1.165, 1.54) is 6.42 Å². The molecule has 2 atom stereocenters. The molecule has 0 fully saturated rings. The number of imidazole rings is 1. The second kappa shape index (κ2) is 4.42. The van der Waals surface area contributed by atoms with Gasteiger partial charge in [-0.1, -0.05) is 20.3 Å². The Morgan fingerprint density at radius 1 is 1.54 bits per heavy atom. The topological polar surface area (TPSA) is 43.8 Å². The van der Waals surface area contributed by atoms with Crippen LogP contribution in [0.1, 0.15) is 38.9 Å². The highest BCUT2D eigenvalue weighted by Crippen LogP contribution is 2.12. The molecular formula is C10H19N3. The zero-order valence-electron chi connectivity index (χ0n) is 8.70. The van der Waals surface area contributed by atoms with E-state index in [-0.39, 0.29) is 6.04 Å². The van der Waals surface area contributed by atoms with Crippen molar-refractivity contribution in [1.29, 1.82) is 0 Å². The van der Waals surface area contributed by atoms with Crippen LogP contribution in [0.3, 0.4) is 0 Å². The fourth-order valence-corrected chi connectivity index (χ4v) is 1.33. The van der Waals surface area contributed by atoms with Gasteiger partial charge in [0.2, 0.25) is 0 Å². The van der Waals surface area contributed by atoms with Crippen LogP contribution >= 0.6 is 0 Å². The fourth-order valence-electron chi connectivity index (χ4n) is 1.33. The Balaban J connectivity index is 2.70. The molecule has 0 spiro atoms. The molecule has 1 aromatic heterocycles. The molecule has 0 aliphatic rings. The lowest BCUT2D eigenvalue weighted by Crippen LogP contribution is -2.14. The summed E-state index contributed by atoms with van der Waals surface area (Å²) in [5, 5.41) is 0. The van der Waals surface area contributed by atoms with Crippen LogP contribution in [0.4, 0.5) is 0 Å². The molecule has 3 nitrogen and oxygen atoms in total. The monoisotopic (exact) mass is 181 g/mol. The number of nitrogens with zero attached hydrogens (tertiary/aromatic N) is 2. The van der Waals surface area contributed by atoms with Crippen LogP contribution in [0.15, 0.2) is 12.5 Å². The summed E-state index contributed by atoms with van der Waals surface area (Å²) >= 11 is 0. The molecule has 1 heterocycles. The third-order valence-corrected chi connectivity index (χ3v) is 2.42. The van der Waals surface area contributed by atoms with Crippen LogP contribution in [0, 0.1) is 5.92 Å². The van der Waals surface area contributed by atoms with Gasteiger partial charge in [-0.2, -0.15) is 0 Å². The van der Waals surface area contributed by atoms with Gasteiger partial charge in [-0.3, -0.25) is 0 Å². The van der Waals surface area contributed by atoms with E-state index in [1.807, 2.05) is 19.4 Å². The van der Waals surface area contributed by atoms with Gasteiger partial charge < -0.3 is 10.3 Å². The van der Waals surface area contributed by atoms with Crippen LogP contribution < -0.4 is 5.73 Å². The zero-order chi connectivity index (χ0) is 9.84. The number of rotatable bonds is 4.